The quantitative estimate of drug-likeness (QED) is 0.466. The van der Waals surface area contributed by atoms with Crippen molar-refractivity contribution in [1.82, 2.24) is 30.4 Å². The first kappa shape index (κ1) is 18.5. The van der Waals surface area contributed by atoms with Crippen molar-refractivity contribution in [2.45, 2.75) is 45.7 Å². The van der Waals surface area contributed by atoms with Crippen LogP contribution in [0.5, 0.6) is 0 Å². The van der Waals surface area contributed by atoms with Gasteiger partial charge in [0, 0.05) is 42.7 Å². The fourth-order valence-electron chi connectivity index (χ4n) is 3.71. The molecule has 0 radical (unpaired) electrons. The average Bonchev–Trinajstić information content (AvgIpc) is 3.23. The Bertz CT molecular complexity index is 988. The third kappa shape index (κ3) is 4.00. The van der Waals surface area contributed by atoms with Gasteiger partial charge in [0.25, 0.3) is 0 Å². The normalized spacial score (nSPS) is 17.0. The molecule has 148 valence electrons. The third-order valence-corrected chi connectivity index (χ3v) is 5.03. The summed E-state index contributed by atoms with van der Waals surface area (Å²) in [6.07, 6.45) is 4.61. The number of guanidine groups is 1. The van der Waals surface area contributed by atoms with Crippen LogP contribution in [0.3, 0.4) is 0 Å². The van der Waals surface area contributed by atoms with E-state index in [0.29, 0.717) is 6.54 Å². The Morgan fingerprint density at radius 2 is 2.32 bits per heavy atom. The summed E-state index contributed by atoms with van der Waals surface area (Å²) in [7, 11) is 0. The van der Waals surface area contributed by atoms with Crippen LogP contribution in [0.2, 0.25) is 0 Å². The number of hydrogen-bond donors (Lipinski definition) is 3. The van der Waals surface area contributed by atoms with Crippen molar-refractivity contribution in [1.29, 1.82) is 0 Å². The van der Waals surface area contributed by atoms with Crippen LogP contribution >= 0.6 is 0 Å². The molecule has 1 atom stereocenters. The molecule has 0 aliphatic carbocycles. The third-order valence-electron chi connectivity index (χ3n) is 5.03. The second kappa shape index (κ2) is 8.00. The maximum absolute atomic E-state index is 13.5. The molecule has 8 heteroatoms. The van der Waals surface area contributed by atoms with Crippen LogP contribution in [0, 0.1) is 12.7 Å². The van der Waals surface area contributed by atoms with Gasteiger partial charge in [0.15, 0.2) is 5.96 Å². The van der Waals surface area contributed by atoms with Crippen LogP contribution in [0.25, 0.3) is 10.9 Å². The van der Waals surface area contributed by atoms with Gasteiger partial charge in [-0.05, 0) is 50.5 Å². The predicted molar refractivity (Wildman–Crippen MR) is 108 cm³/mol. The summed E-state index contributed by atoms with van der Waals surface area (Å²) in [4.78, 5) is 12.4. The number of halogens is 1. The fourth-order valence-corrected chi connectivity index (χ4v) is 3.71. The van der Waals surface area contributed by atoms with E-state index < -0.39 is 0 Å². The van der Waals surface area contributed by atoms with Crippen molar-refractivity contribution in [2.75, 3.05) is 13.1 Å². The number of aromatic amines is 1. The number of H-pyrrole nitrogens is 1. The molecule has 3 N–H and O–H groups in total. The summed E-state index contributed by atoms with van der Waals surface area (Å²) in [6, 6.07) is 5.09. The average molecular weight is 383 g/mol. The molecule has 3 heterocycles. The van der Waals surface area contributed by atoms with E-state index in [9.17, 15) is 4.39 Å². The summed E-state index contributed by atoms with van der Waals surface area (Å²) in [5.41, 5.74) is 2.03. The van der Waals surface area contributed by atoms with Crippen LogP contribution in [0.15, 0.2) is 29.4 Å². The van der Waals surface area contributed by atoms with Gasteiger partial charge in [0.1, 0.15) is 17.5 Å². The second-order valence-corrected chi connectivity index (χ2v) is 7.15. The standard InChI is InChI=1S/C20H26FN7/c1-3-22-20(26-16-5-7-19-25-13(2)27-28(19)12-16)23-9-8-14-11-24-18-6-4-15(21)10-17(14)18/h4,6,10-11,16,24H,3,5,7-9,12H2,1-2H3,(H2,22,23,26). The van der Waals surface area contributed by atoms with Crippen molar-refractivity contribution in [3.8, 4) is 0 Å². The molecule has 0 saturated heterocycles. The first-order valence-corrected chi connectivity index (χ1v) is 9.83. The molecule has 0 amide bonds. The minimum Gasteiger partial charge on any atom is -0.361 e. The minimum absolute atomic E-state index is 0.216. The summed E-state index contributed by atoms with van der Waals surface area (Å²) in [5, 5.41) is 12.2. The molecule has 0 fully saturated rings. The Morgan fingerprint density at radius 3 is 3.18 bits per heavy atom. The number of benzene rings is 1. The van der Waals surface area contributed by atoms with Crippen LogP contribution in [0.4, 0.5) is 4.39 Å². The second-order valence-electron chi connectivity index (χ2n) is 7.15. The molecule has 1 aliphatic rings. The zero-order valence-electron chi connectivity index (χ0n) is 16.3. The molecule has 0 spiro atoms. The number of hydrogen-bond acceptors (Lipinski definition) is 3. The van der Waals surface area contributed by atoms with Crippen molar-refractivity contribution in [3.05, 3.63) is 47.4 Å². The van der Waals surface area contributed by atoms with E-state index in [1.54, 1.807) is 12.1 Å². The van der Waals surface area contributed by atoms with Crippen LogP contribution < -0.4 is 10.6 Å². The maximum Gasteiger partial charge on any atom is 0.191 e. The SMILES string of the molecule is CCNC(=NCCc1c[nH]c2ccc(F)cc12)NC1CCc2nc(C)nn2C1. The zero-order valence-corrected chi connectivity index (χ0v) is 16.3. The Balaban J connectivity index is 1.40. The number of aromatic nitrogens is 4. The molecule has 1 unspecified atom stereocenters. The van der Waals surface area contributed by atoms with E-state index in [1.165, 1.54) is 6.07 Å². The zero-order chi connectivity index (χ0) is 19.5. The highest BCUT2D eigenvalue weighted by atomic mass is 19.1. The van der Waals surface area contributed by atoms with E-state index >= 15 is 0 Å². The van der Waals surface area contributed by atoms with Gasteiger partial charge in [-0.25, -0.2) is 14.1 Å². The van der Waals surface area contributed by atoms with Gasteiger partial charge < -0.3 is 15.6 Å². The highest BCUT2D eigenvalue weighted by Crippen LogP contribution is 2.20. The summed E-state index contributed by atoms with van der Waals surface area (Å²) in [5.74, 6) is 2.47. The highest BCUT2D eigenvalue weighted by Gasteiger charge is 2.21. The van der Waals surface area contributed by atoms with Crippen LogP contribution in [0.1, 0.15) is 30.6 Å². The van der Waals surface area contributed by atoms with Crippen molar-refractivity contribution >= 4 is 16.9 Å². The molecule has 1 aliphatic heterocycles. The fraction of sp³-hybridized carbons (Fsp3) is 0.450. The number of aliphatic imine (C=N–C) groups is 1. The van der Waals surface area contributed by atoms with Crippen molar-refractivity contribution in [3.63, 3.8) is 0 Å². The lowest BCUT2D eigenvalue weighted by Crippen LogP contribution is -2.47. The lowest BCUT2D eigenvalue weighted by molar-refractivity contribution is 0.392. The number of nitrogens with one attached hydrogen (secondary N) is 3. The van der Waals surface area contributed by atoms with Gasteiger partial charge in [0.2, 0.25) is 0 Å². The van der Waals surface area contributed by atoms with Crippen LogP contribution in [-0.4, -0.2) is 44.8 Å². The topological polar surface area (TPSA) is 82.9 Å². The molecular weight excluding hydrogens is 357 g/mol. The summed E-state index contributed by atoms with van der Waals surface area (Å²) < 4.78 is 15.5. The first-order valence-electron chi connectivity index (χ1n) is 9.83. The summed E-state index contributed by atoms with van der Waals surface area (Å²) in [6.45, 7) is 6.20. The number of rotatable bonds is 5. The number of nitrogens with zero attached hydrogens (tertiary/aromatic N) is 4. The van der Waals surface area contributed by atoms with E-state index in [-0.39, 0.29) is 11.9 Å². The molecule has 2 aromatic heterocycles. The van der Waals surface area contributed by atoms with Gasteiger partial charge in [-0.3, -0.25) is 4.99 Å². The lowest BCUT2D eigenvalue weighted by Gasteiger charge is -2.25. The van der Waals surface area contributed by atoms with Crippen molar-refractivity contribution < 1.29 is 4.39 Å². The molecule has 1 aromatic carbocycles. The largest absolute Gasteiger partial charge is 0.361 e. The van der Waals surface area contributed by atoms with Gasteiger partial charge in [-0.15, -0.1) is 0 Å². The Kier molecular flexibility index (Phi) is 5.27. The van der Waals surface area contributed by atoms with E-state index in [4.69, 9.17) is 4.99 Å². The number of aryl methyl sites for hydroxylation is 2. The molecule has 7 nitrogen and oxygen atoms in total. The van der Waals surface area contributed by atoms with E-state index in [1.807, 2.05) is 17.8 Å². The van der Waals surface area contributed by atoms with Crippen molar-refractivity contribution in [2.24, 2.45) is 4.99 Å². The van der Waals surface area contributed by atoms with E-state index in [2.05, 4.69) is 32.6 Å². The van der Waals surface area contributed by atoms with Crippen LogP contribution in [-0.2, 0) is 19.4 Å². The summed E-state index contributed by atoms with van der Waals surface area (Å²) >= 11 is 0. The Morgan fingerprint density at radius 1 is 1.43 bits per heavy atom. The minimum atomic E-state index is -0.216. The molecule has 3 aromatic rings. The monoisotopic (exact) mass is 383 g/mol. The predicted octanol–water partition coefficient (Wildman–Crippen LogP) is 2.32. The Hall–Kier alpha value is -2.90. The van der Waals surface area contributed by atoms with Gasteiger partial charge in [-0.1, -0.05) is 0 Å². The maximum atomic E-state index is 13.5. The molecule has 28 heavy (non-hydrogen) atoms. The highest BCUT2D eigenvalue weighted by molar-refractivity contribution is 5.83. The molecule has 4 rings (SSSR count). The molecule has 0 bridgehead atoms. The molecule has 0 saturated carbocycles. The molecular formula is C20H26FN7. The van der Waals surface area contributed by atoms with Gasteiger partial charge in [-0.2, -0.15) is 5.10 Å². The Labute approximate surface area is 163 Å². The van der Waals surface area contributed by atoms with E-state index in [0.717, 1.165) is 66.4 Å². The number of fused-ring (bicyclic) bond motifs is 2. The van der Waals surface area contributed by atoms with Gasteiger partial charge in [0.05, 0.1) is 6.54 Å². The smallest absolute Gasteiger partial charge is 0.191 e. The lowest BCUT2D eigenvalue weighted by atomic mass is 10.1. The van der Waals surface area contributed by atoms with Gasteiger partial charge >= 0.3 is 0 Å². The first-order chi connectivity index (χ1) is 13.6.